The van der Waals surface area contributed by atoms with Gasteiger partial charge in [0.15, 0.2) is 0 Å². The molecule has 6 heteroatoms. The topological polar surface area (TPSA) is 46.5 Å². The van der Waals surface area contributed by atoms with E-state index in [1.165, 1.54) is 0 Å². The highest BCUT2D eigenvalue weighted by molar-refractivity contribution is 5.91. The lowest BCUT2D eigenvalue weighted by Gasteiger charge is -2.12. The second kappa shape index (κ2) is 5.75. The maximum absolute atomic E-state index is 12.4. The molecule has 1 rings (SSSR count). The van der Waals surface area contributed by atoms with Crippen LogP contribution in [0.25, 0.3) is 0 Å². The Kier molecular flexibility index (Phi) is 4.58. The van der Waals surface area contributed by atoms with E-state index in [2.05, 4.69) is 0 Å². The number of aromatic carboxylic acids is 1. The van der Waals surface area contributed by atoms with Crippen LogP contribution in [0.1, 0.15) is 35.7 Å². The smallest absolute Gasteiger partial charge is 0.416 e. The van der Waals surface area contributed by atoms with Crippen LogP contribution in [-0.2, 0) is 6.18 Å². The van der Waals surface area contributed by atoms with Crippen LogP contribution in [0.2, 0.25) is 0 Å². The standard InChI is InChI=1S/C12H13F3O3/c1-2-3-6-18-10-5-4-8(12(13,14)15)7-9(10)11(16)17/h4-5,7H,2-3,6H2,1H3,(H,16,17). The fourth-order valence-corrected chi connectivity index (χ4v) is 1.33. The molecule has 18 heavy (non-hydrogen) atoms. The average Bonchev–Trinajstić information content (AvgIpc) is 2.28. The monoisotopic (exact) mass is 262 g/mol. The Labute approximate surface area is 102 Å². The number of hydrogen-bond donors (Lipinski definition) is 1. The van der Waals surface area contributed by atoms with Gasteiger partial charge in [0.1, 0.15) is 11.3 Å². The van der Waals surface area contributed by atoms with Crippen LogP contribution in [0.4, 0.5) is 13.2 Å². The maximum Gasteiger partial charge on any atom is 0.416 e. The molecular weight excluding hydrogens is 249 g/mol. The van der Waals surface area contributed by atoms with Gasteiger partial charge in [0.2, 0.25) is 0 Å². The summed E-state index contributed by atoms with van der Waals surface area (Å²) in [5, 5.41) is 8.87. The van der Waals surface area contributed by atoms with Crippen molar-refractivity contribution in [3.8, 4) is 5.75 Å². The zero-order valence-corrected chi connectivity index (χ0v) is 9.75. The molecule has 0 aliphatic heterocycles. The van der Waals surface area contributed by atoms with Crippen LogP contribution in [0.15, 0.2) is 18.2 Å². The Morgan fingerprint density at radius 1 is 1.39 bits per heavy atom. The fraction of sp³-hybridized carbons (Fsp3) is 0.417. The van der Waals surface area contributed by atoms with Gasteiger partial charge in [-0.05, 0) is 24.6 Å². The Morgan fingerprint density at radius 3 is 2.56 bits per heavy atom. The summed E-state index contributed by atoms with van der Waals surface area (Å²) in [6.07, 6.45) is -3.00. The molecule has 0 aliphatic rings. The SMILES string of the molecule is CCCCOc1ccc(C(F)(F)F)cc1C(=O)O. The number of unbranched alkanes of at least 4 members (excludes halogenated alkanes) is 1. The van der Waals surface area contributed by atoms with E-state index in [4.69, 9.17) is 9.84 Å². The van der Waals surface area contributed by atoms with Gasteiger partial charge in [0.25, 0.3) is 0 Å². The van der Waals surface area contributed by atoms with E-state index < -0.39 is 23.3 Å². The molecular formula is C12H13F3O3. The molecule has 0 amide bonds. The molecule has 0 unspecified atom stereocenters. The van der Waals surface area contributed by atoms with Gasteiger partial charge in [-0.15, -0.1) is 0 Å². The number of hydrogen-bond acceptors (Lipinski definition) is 2. The van der Waals surface area contributed by atoms with Crippen LogP contribution in [-0.4, -0.2) is 17.7 Å². The minimum absolute atomic E-state index is 0.0380. The van der Waals surface area contributed by atoms with Gasteiger partial charge in [0.05, 0.1) is 12.2 Å². The van der Waals surface area contributed by atoms with E-state index in [9.17, 15) is 18.0 Å². The van der Waals surface area contributed by atoms with Crippen molar-refractivity contribution in [3.05, 3.63) is 29.3 Å². The highest BCUT2D eigenvalue weighted by atomic mass is 19.4. The Morgan fingerprint density at radius 2 is 2.06 bits per heavy atom. The lowest BCUT2D eigenvalue weighted by molar-refractivity contribution is -0.137. The van der Waals surface area contributed by atoms with Crippen molar-refractivity contribution in [1.82, 2.24) is 0 Å². The minimum Gasteiger partial charge on any atom is -0.493 e. The number of benzene rings is 1. The number of rotatable bonds is 5. The van der Waals surface area contributed by atoms with Crippen molar-refractivity contribution in [1.29, 1.82) is 0 Å². The molecule has 0 atom stereocenters. The molecule has 1 aromatic carbocycles. The Hall–Kier alpha value is -1.72. The largest absolute Gasteiger partial charge is 0.493 e. The van der Waals surface area contributed by atoms with Gasteiger partial charge in [-0.1, -0.05) is 13.3 Å². The molecule has 0 aromatic heterocycles. The van der Waals surface area contributed by atoms with Crippen LogP contribution in [0, 0.1) is 0 Å². The van der Waals surface area contributed by atoms with Gasteiger partial charge >= 0.3 is 12.1 Å². The lowest BCUT2D eigenvalue weighted by atomic mass is 10.1. The summed E-state index contributed by atoms with van der Waals surface area (Å²) in [6, 6.07) is 2.44. The number of carboxylic acids is 1. The lowest BCUT2D eigenvalue weighted by Crippen LogP contribution is -2.10. The first-order chi connectivity index (χ1) is 8.36. The summed E-state index contributed by atoms with van der Waals surface area (Å²) >= 11 is 0. The maximum atomic E-state index is 12.4. The first-order valence-electron chi connectivity index (χ1n) is 5.43. The molecule has 0 radical (unpaired) electrons. The third-order valence-corrected chi connectivity index (χ3v) is 2.29. The summed E-state index contributed by atoms with van der Waals surface area (Å²) in [5.41, 5.74) is -1.47. The molecule has 0 fully saturated rings. The average molecular weight is 262 g/mol. The third kappa shape index (κ3) is 3.65. The minimum atomic E-state index is -4.56. The second-order valence-electron chi connectivity index (χ2n) is 3.72. The van der Waals surface area contributed by atoms with Crippen molar-refractivity contribution in [2.75, 3.05) is 6.61 Å². The van der Waals surface area contributed by atoms with Gasteiger partial charge < -0.3 is 9.84 Å². The van der Waals surface area contributed by atoms with E-state index in [-0.39, 0.29) is 12.4 Å². The highest BCUT2D eigenvalue weighted by Gasteiger charge is 2.32. The Balaban J connectivity index is 3.01. The molecule has 0 spiro atoms. The van der Waals surface area contributed by atoms with E-state index in [0.29, 0.717) is 12.5 Å². The van der Waals surface area contributed by atoms with Crippen LogP contribution >= 0.6 is 0 Å². The van der Waals surface area contributed by atoms with Gasteiger partial charge in [0, 0.05) is 0 Å². The number of alkyl halides is 3. The zero-order chi connectivity index (χ0) is 13.8. The predicted octanol–water partition coefficient (Wildman–Crippen LogP) is 3.58. The molecule has 100 valence electrons. The molecule has 0 heterocycles. The molecule has 0 bridgehead atoms. The van der Waals surface area contributed by atoms with Crippen molar-refractivity contribution in [2.24, 2.45) is 0 Å². The first-order valence-corrected chi connectivity index (χ1v) is 5.43. The normalized spacial score (nSPS) is 11.3. The predicted molar refractivity (Wildman–Crippen MR) is 58.8 cm³/mol. The summed E-state index contributed by atoms with van der Waals surface area (Å²) in [4.78, 5) is 10.9. The number of carboxylic acid groups (broad SMARTS) is 1. The molecule has 0 saturated heterocycles. The molecule has 3 nitrogen and oxygen atoms in total. The van der Waals surface area contributed by atoms with Gasteiger partial charge in [-0.25, -0.2) is 4.79 Å². The third-order valence-electron chi connectivity index (χ3n) is 2.29. The second-order valence-corrected chi connectivity index (χ2v) is 3.72. The summed E-state index contributed by atoms with van der Waals surface area (Å²) in [6.45, 7) is 2.20. The van der Waals surface area contributed by atoms with Crippen molar-refractivity contribution < 1.29 is 27.8 Å². The van der Waals surface area contributed by atoms with Crippen LogP contribution in [0.5, 0.6) is 5.75 Å². The van der Waals surface area contributed by atoms with Crippen molar-refractivity contribution in [3.63, 3.8) is 0 Å². The number of ether oxygens (including phenoxy) is 1. The van der Waals surface area contributed by atoms with Gasteiger partial charge in [-0.2, -0.15) is 13.2 Å². The van der Waals surface area contributed by atoms with E-state index in [1.54, 1.807) is 0 Å². The quantitative estimate of drug-likeness (QED) is 0.825. The van der Waals surface area contributed by atoms with E-state index in [1.807, 2.05) is 6.92 Å². The highest BCUT2D eigenvalue weighted by Crippen LogP contribution is 2.32. The van der Waals surface area contributed by atoms with Gasteiger partial charge in [-0.3, -0.25) is 0 Å². The number of carbonyl (C=O) groups is 1. The molecule has 0 saturated carbocycles. The first kappa shape index (κ1) is 14.3. The number of halogens is 3. The van der Waals surface area contributed by atoms with E-state index in [0.717, 1.165) is 18.6 Å². The van der Waals surface area contributed by atoms with E-state index >= 15 is 0 Å². The van der Waals surface area contributed by atoms with Crippen LogP contribution in [0.3, 0.4) is 0 Å². The molecule has 1 aromatic rings. The summed E-state index contributed by atoms with van der Waals surface area (Å²) in [7, 11) is 0. The van der Waals surface area contributed by atoms with Crippen molar-refractivity contribution >= 4 is 5.97 Å². The summed E-state index contributed by atoms with van der Waals surface area (Å²) in [5.74, 6) is -1.48. The summed E-state index contributed by atoms with van der Waals surface area (Å²) < 4.78 is 42.5. The molecule has 0 aliphatic carbocycles. The Bertz CT molecular complexity index is 427. The van der Waals surface area contributed by atoms with Crippen LogP contribution < -0.4 is 4.74 Å². The van der Waals surface area contributed by atoms with Crippen molar-refractivity contribution in [2.45, 2.75) is 25.9 Å². The molecule has 1 N–H and O–H groups in total. The fourth-order valence-electron chi connectivity index (χ4n) is 1.33. The zero-order valence-electron chi connectivity index (χ0n) is 9.75.